The fraction of sp³-hybridized carbons (Fsp3) is 0.647. The average Bonchev–Trinajstić information content (AvgIpc) is 2.53. The van der Waals surface area contributed by atoms with Crippen molar-refractivity contribution in [3.8, 4) is 0 Å². The molecule has 0 radical (unpaired) electrons. The molecule has 1 aromatic carbocycles. The first-order valence-corrected chi connectivity index (χ1v) is 9.02. The number of benzene rings is 1. The summed E-state index contributed by atoms with van der Waals surface area (Å²) in [5.74, 6) is 0.950. The molecule has 3 heteroatoms. The van der Waals surface area contributed by atoms with Crippen LogP contribution in [0.5, 0.6) is 0 Å². The van der Waals surface area contributed by atoms with Gasteiger partial charge in [-0.2, -0.15) is 0 Å². The van der Waals surface area contributed by atoms with Crippen LogP contribution in [0.2, 0.25) is 0 Å². The minimum Gasteiger partial charge on any atom is -0.371 e. The quantitative estimate of drug-likeness (QED) is 0.822. The lowest BCUT2D eigenvalue weighted by Crippen LogP contribution is -2.36. The lowest BCUT2D eigenvalue weighted by Gasteiger charge is -2.37. The Morgan fingerprint density at radius 2 is 1.95 bits per heavy atom. The van der Waals surface area contributed by atoms with Crippen molar-refractivity contribution >= 4 is 17.4 Å². The lowest BCUT2D eigenvalue weighted by molar-refractivity contribution is 0.313. The van der Waals surface area contributed by atoms with Gasteiger partial charge in [0.15, 0.2) is 0 Å². The Balaban J connectivity index is 2.15. The van der Waals surface area contributed by atoms with E-state index in [-0.39, 0.29) is 0 Å². The van der Waals surface area contributed by atoms with Crippen molar-refractivity contribution in [3.05, 3.63) is 23.8 Å². The Morgan fingerprint density at radius 3 is 2.50 bits per heavy atom. The highest BCUT2D eigenvalue weighted by molar-refractivity contribution is 7.98. The third kappa shape index (κ3) is 3.32. The molecule has 20 heavy (non-hydrogen) atoms. The molecule has 1 aliphatic rings. The molecule has 2 N–H and O–H groups in total. The molecule has 0 aliphatic heterocycles. The molecular formula is C17H28N2S. The molecule has 2 nitrogen and oxygen atoms in total. The summed E-state index contributed by atoms with van der Waals surface area (Å²) in [4.78, 5) is 3.80. The summed E-state index contributed by atoms with van der Waals surface area (Å²) in [7, 11) is 2.25. The standard InChI is InChI=1S/C17H28N2S/c1-4-13-8-10-14(11-9-13)19(2)16-6-5-7-17(20-3)15(16)12-18/h5-7,13-14H,4,8-12,18H2,1-3H3. The van der Waals surface area contributed by atoms with Gasteiger partial charge in [-0.15, -0.1) is 11.8 Å². The largest absolute Gasteiger partial charge is 0.371 e. The van der Waals surface area contributed by atoms with Crippen molar-refractivity contribution in [2.24, 2.45) is 11.7 Å². The van der Waals surface area contributed by atoms with Crippen LogP contribution in [-0.4, -0.2) is 19.3 Å². The van der Waals surface area contributed by atoms with Crippen molar-refractivity contribution in [3.63, 3.8) is 0 Å². The highest BCUT2D eigenvalue weighted by Crippen LogP contribution is 2.34. The maximum absolute atomic E-state index is 6.00. The van der Waals surface area contributed by atoms with E-state index in [1.165, 1.54) is 48.3 Å². The monoisotopic (exact) mass is 292 g/mol. The number of thioether (sulfide) groups is 1. The van der Waals surface area contributed by atoms with Crippen LogP contribution in [-0.2, 0) is 6.54 Å². The summed E-state index contributed by atoms with van der Waals surface area (Å²) in [5.41, 5.74) is 8.64. The molecule has 0 saturated heterocycles. The number of nitrogens with two attached hydrogens (primary N) is 1. The topological polar surface area (TPSA) is 29.3 Å². The Labute approximate surface area is 128 Å². The van der Waals surface area contributed by atoms with Crippen LogP contribution in [0.15, 0.2) is 23.1 Å². The van der Waals surface area contributed by atoms with Crippen molar-refractivity contribution in [1.29, 1.82) is 0 Å². The van der Waals surface area contributed by atoms with E-state index in [1.54, 1.807) is 11.8 Å². The highest BCUT2D eigenvalue weighted by atomic mass is 32.2. The van der Waals surface area contributed by atoms with Gasteiger partial charge in [-0.3, -0.25) is 0 Å². The summed E-state index contributed by atoms with van der Waals surface area (Å²) in [6.07, 6.45) is 8.87. The van der Waals surface area contributed by atoms with Crippen molar-refractivity contribution < 1.29 is 0 Å². The van der Waals surface area contributed by atoms with Gasteiger partial charge in [-0.05, 0) is 50.0 Å². The van der Waals surface area contributed by atoms with Crippen LogP contribution in [0.1, 0.15) is 44.6 Å². The molecule has 0 spiro atoms. The van der Waals surface area contributed by atoms with Crippen LogP contribution in [0.25, 0.3) is 0 Å². The highest BCUT2D eigenvalue weighted by Gasteiger charge is 2.24. The van der Waals surface area contributed by atoms with E-state index in [1.807, 2.05) is 0 Å². The molecule has 0 unspecified atom stereocenters. The number of anilines is 1. The molecule has 1 saturated carbocycles. The van der Waals surface area contributed by atoms with Crippen LogP contribution in [0.4, 0.5) is 5.69 Å². The third-order valence-corrected chi connectivity index (χ3v) is 5.68. The van der Waals surface area contributed by atoms with Crippen LogP contribution in [0, 0.1) is 5.92 Å². The van der Waals surface area contributed by atoms with Gasteiger partial charge in [0.1, 0.15) is 0 Å². The normalized spacial score (nSPS) is 22.8. The van der Waals surface area contributed by atoms with E-state index in [9.17, 15) is 0 Å². The van der Waals surface area contributed by atoms with Crippen LogP contribution in [0.3, 0.4) is 0 Å². The second-order valence-corrected chi connectivity index (χ2v) is 6.70. The summed E-state index contributed by atoms with van der Waals surface area (Å²) in [6, 6.07) is 7.25. The van der Waals surface area contributed by atoms with Gasteiger partial charge in [0.05, 0.1) is 0 Å². The van der Waals surface area contributed by atoms with Crippen LogP contribution >= 0.6 is 11.8 Å². The predicted molar refractivity (Wildman–Crippen MR) is 90.6 cm³/mol. The lowest BCUT2D eigenvalue weighted by atomic mass is 9.84. The molecule has 1 aromatic rings. The fourth-order valence-corrected chi connectivity index (χ4v) is 4.07. The zero-order chi connectivity index (χ0) is 14.5. The minimum atomic E-state index is 0.626. The summed E-state index contributed by atoms with van der Waals surface area (Å²) < 4.78 is 0. The molecule has 0 aromatic heterocycles. The molecule has 112 valence electrons. The summed E-state index contributed by atoms with van der Waals surface area (Å²) in [5, 5.41) is 0. The van der Waals surface area contributed by atoms with Gasteiger partial charge >= 0.3 is 0 Å². The first kappa shape index (κ1) is 15.7. The number of hydrogen-bond donors (Lipinski definition) is 1. The van der Waals surface area contributed by atoms with Crippen molar-refractivity contribution in [1.82, 2.24) is 0 Å². The molecule has 2 rings (SSSR count). The Bertz CT molecular complexity index is 425. The first-order valence-electron chi connectivity index (χ1n) is 7.80. The number of nitrogens with zero attached hydrogens (tertiary/aromatic N) is 1. The van der Waals surface area contributed by atoms with Gasteiger partial charge in [0.25, 0.3) is 0 Å². The summed E-state index contributed by atoms with van der Waals surface area (Å²) in [6.45, 7) is 2.95. The zero-order valence-corrected chi connectivity index (χ0v) is 13.9. The van der Waals surface area contributed by atoms with Gasteiger partial charge in [0.2, 0.25) is 0 Å². The molecule has 1 fully saturated rings. The maximum Gasteiger partial charge on any atom is 0.0422 e. The van der Waals surface area contributed by atoms with E-state index in [0.717, 1.165) is 5.92 Å². The number of rotatable bonds is 5. The SMILES string of the molecule is CCC1CCC(N(C)c2cccc(SC)c2CN)CC1. The van der Waals surface area contributed by atoms with E-state index in [2.05, 4.69) is 43.3 Å². The second-order valence-electron chi connectivity index (χ2n) is 5.86. The fourth-order valence-electron chi connectivity index (χ4n) is 3.42. The molecular weight excluding hydrogens is 264 g/mol. The molecule has 0 bridgehead atoms. The Hall–Kier alpha value is -0.670. The molecule has 0 heterocycles. The van der Waals surface area contributed by atoms with Gasteiger partial charge in [-0.25, -0.2) is 0 Å². The maximum atomic E-state index is 6.00. The van der Waals surface area contributed by atoms with Crippen molar-refractivity contribution in [2.75, 3.05) is 18.2 Å². The van der Waals surface area contributed by atoms with E-state index in [4.69, 9.17) is 5.73 Å². The van der Waals surface area contributed by atoms with E-state index in [0.29, 0.717) is 12.6 Å². The Morgan fingerprint density at radius 1 is 1.25 bits per heavy atom. The first-order chi connectivity index (χ1) is 9.71. The van der Waals surface area contributed by atoms with Crippen LogP contribution < -0.4 is 10.6 Å². The van der Waals surface area contributed by atoms with Crippen molar-refractivity contribution in [2.45, 2.75) is 56.5 Å². The third-order valence-electron chi connectivity index (χ3n) is 4.85. The zero-order valence-electron chi connectivity index (χ0n) is 13.1. The molecule has 1 aliphatic carbocycles. The van der Waals surface area contributed by atoms with Gasteiger partial charge < -0.3 is 10.6 Å². The molecule has 0 atom stereocenters. The average molecular weight is 292 g/mol. The smallest absolute Gasteiger partial charge is 0.0422 e. The molecule has 0 amide bonds. The number of hydrogen-bond acceptors (Lipinski definition) is 3. The minimum absolute atomic E-state index is 0.626. The predicted octanol–water partition coefficient (Wildman–Crippen LogP) is 4.27. The van der Waals surface area contributed by atoms with Gasteiger partial charge in [0, 0.05) is 35.8 Å². The van der Waals surface area contributed by atoms with E-state index < -0.39 is 0 Å². The van der Waals surface area contributed by atoms with E-state index >= 15 is 0 Å². The Kier molecular flexibility index (Phi) is 5.79. The van der Waals surface area contributed by atoms with Gasteiger partial charge in [-0.1, -0.05) is 19.4 Å². The summed E-state index contributed by atoms with van der Waals surface area (Å²) >= 11 is 1.80. The second kappa shape index (κ2) is 7.37.